The van der Waals surface area contributed by atoms with Crippen LogP contribution in [0.2, 0.25) is 0 Å². The third-order valence-electron chi connectivity index (χ3n) is 9.52. The molecular weight excluding hydrogens is 633 g/mol. The molecule has 0 saturated heterocycles. The number of anilines is 3. The fourth-order valence-corrected chi connectivity index (χ4v) is 9.38. The van der Waals surface area contributed by atoms with Crippen LogP contribution in [0, 0.1) is 0 Å². The van der Waals surface area contributed by atoms with Crippen molar-refractivity contribution in [3.8, 4) is 22.3 Å². The highest BCUT2D eigenvalue weighted by Gasteiger charge is 2.17. The summed E-state index contributed by atoms with van der Waals surface area (Å²) in [6.45, 7) is 0. The van der Waals surface area contributed by atoms with Crippen molar-refractivity contribution in [2.24, 2.45) is 0 Å². The minimum absolute atomic E-state index is 1.08. The van der Waals surface area contributed by atoms with Crippen LogP contribution < -0.4 is 4.90 Å². The average molecular weight is 661 g/mol. The van der Waals surface area contributed by atoms with Crippen LogP contribution in [0.25, 0.3) is 73.5 Å². The quantitative estimate of drug-likeness (QED) is 0.183. The van der Waals surface area contributed by atoms with Gasteiger partial charge in [-0.1, -0.05) is 97.1 Å². The number of rotatable bonds is 5. The zero-order valence-corrected chi connectivity index (χ0v) is 28.0. The summed E-state index contributed by atoms with van der Waals surface area (Å²) in [6, 6.07) is 59.5. The van der Waals surface area contributed by atoms with Crippen LogP contribution in [0.3, 0.4) is 0 Å². The Bertz CT molecular complexity index is 2830. The zero-order valence-electron chi connectivity index (χ0n) is 26.4. The minimum atomic E-state index is 1.08. The molecule has 2 nitrogen and oxygen atoms in total. The van der Waals surface area contributed by atoms with Gasteiger partial charge >= 0.3 is 0 Å². The van der Waals surface area contributed by atoms with Crippen molar-refractivity contribution in [2.45, 2.75) is 0 Å². The molecule has 0 N–H and O–H groups in total. The van der Waals surface area contributed by atoms with E-state index in [-0.39, 0.29) is 0 Å². The van der Waals surface area contributed by atoms with E-state index in [1.165, 1.54) is 68.0 Å². The Morgan fingerprint density at radius 3 is 1.82 bits per heavy atom. The molecule has 230 valence electrons. The zero-order chi connectivity index (χ0) is 32.3. The Morgan fingerprint density at radius 2 is 1.02 bits per heavy atom. The molecule has 3 aromatic heterocycles. The van der Waals surface area contributed by atoms with Crippen LogP contribution in [0.5, 0.6) is 0 Å². The van der Waals surface area contributed by atoms with Gasteiger partial charge in [-0.3, -0.25) is 4.98 Å². The number of pyridine rings is 1. The lowest BCUT2D eigenvalue weighted by Gasteiger charge is -2.26. The number of fused-ring (bicyclic) bond motifs is 7. The van der Waals surface area contributed by atoms with Gasteiger partial charge in [0.1, 0.15) is 0 Å². The minimum Gasteiger partial charge on any atom is -0.310 e. The summed E-state index contributed by atoms with van der Waals surface area (Å²) in [4.78, 5) is 7.15. The molecule has 0 aliphatic rings. The van der Waals surface area contributed by atoms with E-state index >= 15 is 0 Å². The maximum Gasteiger partial charge on any atom is 0.0894 e. The normalized spacial score (nSPS) is 11.7. The largest absolute Gasteiger partial charge is 0.310 e. The van der Waals surface area contributed by atoms with Crippen LogP contribution >= 0.6 is 22.7 Å². The van der Waals surface area contributed by atoms with Crippen LogP contribution in [0.15, 0.2) is 170 Å². The second-order valence-electron chi connectivity index (χ2n) is 12.4. The molecule has 0 fully saturated rings. The molecule has 0 aliphatic carbocycles. The van der Waals surface area contributed by atoms with E-state index in [4.69, 9.17) is 4.98 Å². The Hall–Kier alpha value is -5.81. The molecule has 0 spiro atoms. The van der Waals surface area contributed by atoms with Gasteiger partial charge in [0.15, 0.2) is 0 Å². The summed E-state index contributed by atoms with van der Waals surface area (Å²) in [5.41, 5.74) is 9.27. The van der Waals surface area contributed by atoms with E-state index in [2.05, 4.69) is 169 Å². The van der Waals surface area contributed by atoms with Crippen LogP contribution in [0.4, 0.5) is 17.1 Å². The van der Waals surface area contributed by atoms with E-state index in [0.29, 0.717) is 0 Å². The molecule has 0 unspecified atom stereocenters. The van der Waals surface area contributed by atoms with Gasteiger partial charge in [0.25, 0.3) is 0 Å². The first-order valence-electron chi connectivity index (χ1n) is 16.4. The molecule has 49 heavy (non-hydrogen) atoms. The van der Waals surface area contributed by atoms with Gasteiger partial charge < -0.3 is 4.90 Å². The van der Waals surface area contributed by atoms with Crippen molar-refractivity contribution < 1.29 is 0 Å². The van der Waals surface area contributed by atoms with E-state index in [1.807, 2.05) is 28.9 Å². The number of hydrogen-bond donors (Lipinski definition) is 0. The lowest BCUT2D eigenvalue weighted by atomic mass is 10.0. The summed E-state index contributed by atoms with van der Waals surface area (Å²) < 4.78 is 5.11. The van der Waals surface area contributed by atoms with Crippen LogP contribution in [0.1, 0.15) is 0 Å². The van der Waals surface area contributed by atoms with Gasteiger partial charge in [0.05, 0.1) is 10.2 Å². The molecular formula is C45H28N2S2. The molecule has 0 radical (unpaired) electrons. The average Bonchev–Trinajstić information content (AvgIpc) is 3.74. The molecule has 0 atom stereocenters. The fraction of sp³-hybridized carbons (Fsp3) is 0. The maximum atomic E-state index is 4.77. The summed E-state index contributed by atoms with van der Waals surface area (Å²) in [7, 11) is 0. The van der Waals surface area contributed by atoms with E-state index < -0.39 is 0 Å². The predicted octanol–water partition coefficient (Wildman–Crippen LogP) is 13.8. The second kappa shape index (κ2) is 11.4. The highest BCUT2D eigenvalue weighted by Crippen LogP contribution is 2.43. The van der Waals surface area contributed by atoms with Gasteiger partial charge in [-0.25, -0.2) is 0 Å². The molecule has 10 aromatic rings. The summed E-state index contributed by atoms with van der Waals surface area (Å²) in [5.74, 6) is 0. The fourth-order valence-electron chi connectivity index (χ4n) is 7.09. The second-order valence-corrected chi connectivity index (χ2v) is 14.5. The monoisotopic (exact) mass is 660 g/mol. The molecule has 0 saturated carbocycles. The standard InChI is InChI=1S/C45H28N2S2/c1-2-8-32-27-33(14-13-29(32)7-1)30-15-19-34(20-16-30)47(36-23-24-43-40(28-36)38-9-3-5-11-41(38)48-43)35-21-17-31(18-22-35)37-25-26-46-44-39-10-4-6-12-42(39)49-45(37)44/h1-28H. The van der Waals surface area contributed by atoms with Crippen molar-refractivity contribution >= 4 is 91.0 Å². The molecule has 3 heterocycles. The van der Waals surface area contributed by atoms with Crippen molar-refractivity contribution in [1.29, 1.82) is 0 Å². The van der Waals surface area contributed by atoms with E-state index in [1.54, 1.807) is 0 Å². The summed E-state index contributed by atoms with van der Waals surface area (Å²) >= 11 is 3.67. The lowest BCUT2D eigenvalue weighted by molar-refractivity contribution is 1.29. The van der Waals surface area contributed by atoms with Gasteiger partial charge in [-0.05, 0) is 94.2 Å². The molecule has 0 aliphatic heterocycles. The third kappa shape index (κ3) is 4.80. The predicted molar refractivity (Wildman–Crippen MR) is 213 cm³/mol. The van der Waals surface area contributed by atoms with Gasteiger partial charge in [-0.15, -0.1) is 22.7 Å². The highest BCUT2D eigenvalue weighted by atomic mass is 32.1. The Morgan fingerprint density at radius 1 is 0.408 bits per heavy atom. The highest BCUT2D eigenvalue weighted by molar-refractivity contribution is 7.26. The maximum absolute atomic E-state index is 4.77. The SMILES string of the molecule is c1ccc2cc(-c3ccc(N(c4ccc(-c5ccnc6c5sc5ccccc56)cc4)c4ccc5sc6ccccc6c5c4)cc3)ccc2c1. The Balaban J connectivity index is 1.09. The number of nitrogens with zero attached hydrogens (tertiary/aromatic N) is 2. The van der Waals surface area contributed by atoms with E-state index in [0.717, 1.165) is 22.6 Å². The smallest absolute Gasteiger partial charge is 0.0894 e. The molecule has 0 amide bonds. The summed E-state index contributed by atoms with van der Waals surface area (Å²) in [5, 5.41) is 6.32. The number of hydrogen-bond acceptors (Lipinski definition) is 4. The third-order valence-corrected chi connectivity index (χ3v) is 11.9. The van der Waals surface area contributed by atoms with E-state index in [9.17, 15) is 0 Å². The van der Waals surface area contributed by atoms with Crippen LogP contribution in [-0.2, 0) is 0 Å². The van der Waals surface area contributed by atoms with Crippen molar-refractivity contribution in [2.75, 3.05) is 4.90 Å². The first kappa shape index (κ1) is 28.2. The topological polar surface area (TPSA) is 16.1 Å². The van der Waals surface area contributed by atoms with Gasteiger partial charge in [0.2, 0.25) is 0 Å². The van der Waals surface area contributed by atoms with Gasteiger partial charge in [0, 0.05) is 59.1 Å². The molecule has 0 bridgehead atoms. The lowest BCUT2D eigenvalue weighted by Crippen LogP contribution is -2.09. The Kier molecular flexibility index (Phi) is 6.57. The first-order chi connectivity index (χ1) is 24.3. The van der Waals surface area contributed by atoms with Gasteiger partial charge in [-0.2, -0.15) is 0 Å². The summed E-state index contributed by atoms with van der Waals surface area (Å²) in [6.07, 6.45) is 1.94. The first-order valence-corrected chi connectivity index (χ1v) is 18.1. The number of benzene rings is 7. The Labute approximate surface area is 291 Å². The van der Waals surface area contributed by atoms with Crippen molar-refractivity contribution in [1.82, 2.24) is 4.98 Å². The molecule has 4 heteroatoms. The van der Waals surface area contributed by atoms with Crippen molar-refractivity contribution in [3.05, 3.63) is 170 Å². The van der Waals surface area contributed by atoms with Crippen molar-refractivity contribution in [3.63, 3.8) is 0 Å². The number of aromatic nitrogens is 1. The number of thiophene rings is 2. The molecule has 7 aromatic carbocycles. The van der Waals surface area contributed by atoms with Crippen LogP contribution in [-0.4, -0.2) is 4.98 Å². The molecule has 10 rings (SSSR count).